The van der Waals surface area contributed by atoms with Crippen LogP contribution in [-0.2, 0) is 4.79 Å². The highest BCUT2D eigenvalue weighted by atomic mass is 35.5. The number of phenols is 1. The molecule has 0 spiro atoms. The van der Waals surface area contributed by atoms with Crippen molar-refractivity contribution < 1.29 is 19.4 Å². The summed E-state index contributed by atoms with van der Waals surface area (Å²) in [6, 6.07) is 9.87. The lowest BCUT2D eigenvalue weighted by Gasteiger charge is -2.08. The van der Waals surface area contributed by atoms with Crippen LogP contribution in [0.15, 0.2) is 41.5 Å². The van der Waals surface area contributed by atoms with Gasteiger partial charge in [-0.15, -0.1) is 0 Å². The third-order valence-electron chi connectivity index (χ3n) is 3.10. The number of halogens is 1. The van der Waals surface area contributed by atoms with Crippen LogP contribution >= 0.6 is 11.6 Å². The molecular formula is C17H17ClN2O4. The molecule has 1 amide bonds. The molecule has 0 heterocycles. The summed E-state index contributed by atoms with van der Waals surface area (Å²) < 4.78 is 10.4. The van der Waals surface area contributed by atoms with Gasteiger partial charge in [0.1, 0.15) is 5.75 Å². The van der Waals surface area contributed by atoms with Crippen molar-refractivity contribution in [2.45, 2.75) is 6.92 Å². The minimum absolute atomic E-state index is 0.0328. The van der Waals surface area contributed by atoms with Gasteiger partial charge in [0, 0.05) is 5.02 Å². The monoisotopic (exact) mass is 348 g/mol. The molecule has 6 nitrogen and oxygen atoms in total. The third-order valence-corrected chi connectivity index (χ3v) is 3.34. The highest BCUT2D eigenvalue weighted by molar-refractivity contribution is 6.30. The molecule has 2 aromatic carbocycles. The van der Waals surface area contributed by atoms with Crippen molar-refractivity contribution >= 4 is 23.7 Å². The second-order valence-electron chi connectivity index (χ2n) is 4.92. The maximum Gasteiger partial charge on any atom is 0.277 e. The molecule has 24 heavy (non-hydrogen) atoms. The molecule has 0 aliphatic heterocycles. The molecule has 0 saturated heterocycles. The van der Waals surface area contributed by atoms with Crippen molar-refractivity contribution in [3.63, 3.8) is 0 Å². The Morgan fingerprint density at radius 1 is 1.29 bits per heavy atom. The van der Waals surface area contributed by atoms with Crippen LogP contribution in [0, 0.1) is 6.92 Å². The molecule has 2 N–H and O–H groups in total. The van der Waals surface area contributed by atoms with Crippen LogP contribution in [0.4, 0.5) is 0 Å². The van der Waals surface area contributed by atoms with Gasteiger partial charge < -0.3 is 14.6 Å². The Balaban J connectivity index is 1.86. The largest absolute Gasteiger partial charge is 0.504 e. The summed E-state index contributed by atoms with van der Waals surface area (Å²) in [4.78, 5) is 11.7. The van der Waals surface area contributed by atoms with E-state index in [9.17, 15) is 9.90 Å². The fourth-order valence-corrected chi connectivity index (χ4v) is 2.13. The molecule has 0 saturated carbocycles. The van der Waals surface area contributed by atoms with E-state index in [1.54, 1.807) is 30.3 Å². The lowest BCUT2D eigenvalue weighted by Crippen LogP contribution is -2.24. The van der Waals surface area contributed by atoms with E-state index in [1.165, 1.54) is 19.4 Å². The number of carbonyl (C=O) groups is 1. The number of benzene rings is 2. The zero-order valence-electron chi connectivity index (χ0n) is 13.2. The van der Waals surface area contributed by atoms with Crippen LogP contribution in [0.5, 0.6) is 17.2 Å². The number of nitrogens with zero attached hydrogens (tertiary/aromatic N) is 1. The molecule has 126 valence electrons. The topological polar surface area (TPSA) is 80.2 Å². The number of hydrogen-bond acceptors (Lipinski definition) is 5. The number of nitrogens with one attached hydrogen (secondary N) is 1. The van der Waals surface area contributed by atoms with Crippen molar-refractivity contribution in [3.05, 3.63) is 52.5 Å². The van der Waals surface area contributed by atoms with Crippen LogP contribution in [0.1, 0.15) is 11.1 Å². The SMILES string of the molecule is COc1cc(C=NNC(=O)COc2ccc(Cl)cc2C)ccc1O. The maximum absolute atomic E-state index is 11.7. The van der Waals surface area contributed by atoms with E-state index >= 15 is 0 Å². The number of amides is 1. The second kappa shape index (κ2) is 8.21. The first-order valence-corrected chi connectivity index (χ1v) is 7.45. The molecule has 2 rings (SSSR count). The molecule has 0 unspecified atom stereocenters. The Bertz CT molecular complexity index is 762. The minimum Gasteiger partial charge on any atom is -0.504 e. The van der Waals surface area contributed by atoms with Gasteiger partial charge in [0.2, 0.25) is 0 Å². The van der Waals surface area contributed by atoms with Gasteiger partial charge >= 0.3 is 0 Å². The van der Waals surface area contributed by atoms with Gasteiger partial charge in [-0.2, -0.15) is 5.10 Å². The molecule has 0 radical (unpaired) electrons. The van der Waals surface area contributed by atoms with Gasteiger partial charge in [-0.25, -0.2) is 5.43 Å². The minimum atomic E-state index is -0.397. The standard InChI is InChI=1S/C17H17ClN2O4/c1-11-7-13(18)4-6-15(11)24-10-17(22)20-19-9-12-3-5-14(21)16(8-12)23-2/h3-9,21H,10H2,1-2H3,(H,20,22). The van der Waals surface area contributed by atoms with Crippen LogP contribution < -0.4 is 14.9 Å². The maximum atomic E-state index is 11.7. The van der Waals surface area contributed by atoms with E-state index in [-0.39, 0.29) is 12.4 Å². The molecule has 7 heteroatoms. The van der Waals surface area contributed by atoms with Gasteiger partial charge in [-0.3, -0.25) is 4.79 Å². The number of rotatable bonds is 6. The summed E-state index contributed by atoms with van der Waals surface area (Å²) in [6.07, 6.45) is 1.44. The average Bonchev–Trinajstić information content (AvgIpc) is 2.55. The molecule has 2 aromatic rings. The zero-order chi connectivity index (χ0) is 17.5. The van der Waals surface area contributed by atoms with E-state index in [1.807, 2.05) is 6.92 Å². The van der Waals surface area contributed by atoms with Gasteiger partial charge in [0.15, 0.2) is 18.1 Å². The smallest absolute Gasteiger partial charge is 0.277 e. The van der Waals surface area contributed by atoms with E-state index in [0.717, 1.165) is 5.56 Å². The molecule has 0 aliphatic rings. The van der Waals surface area contributed by atoms with Gasteiger partial charge in [0.25, 0.3) is 5.91 Å². The van der Waals surface area contributed by atoms with Crippen molar-refractivity contribution in [2.75, 3.05) is 13.7 Å². The number of ether oxygens (including phenoxy) is 2. The van der Waals surface area contributed by atoms with E-state index < -0.39 is 5.91 Å². The van der Waals surface area contributed by atoms with Crippen LogP contribution in [0.2, 0.25) is 5.02 Å². The van der Waals surface area contributed by atoms with Crippen molar-refractivity contribution in [2.24, 2.45) is 5.10 Å². The van der Waals surface area contributed by atoms with Crippen LogP contribution in [0.3, 0.4) is 0 Å². The normalized spacial score (nSPS) is 10.6. The van der Waals surface area contributed by atoms with Crippen molar-refractivity contribution in [3.8, 4) is 17.2 Å². The summed E-state index contributed by atoms with van der Waals surface area (Å²) in [6.45, 7) is 1.67. The Hall–Kier alpha value is -2.73. The lowest BCUT2D eigenvalue weighted by atomic mass is 10.2. The molecule has 0 atom stereocenters. The first kappa shape index (κ1) is 17.6. The predicted molar refractivity (Wildman–Crippen MR) is 92.1 cm³/mol. The summed E-state index contributed by atoms with van der Waals surface area (Å²) in [5.74, 6) is 0.547. The molecular weight excluding hydrogens is 332 g/mol. The first-order chi connectivity index (χ1) is 11.5. The van der Waals surface area contributed by atoms with Gasteiger partial charge in [0.05, 0.1) is 13.3 Å². The van der Waals surface area contributed by atoms with Crippen LogP contribution in [0.25, 0.3) is 0 Å². The van der Waals surface area contributed by atoms with Crippen molar-refractivity contribution in [1.82, 2.24) is 5.43 Å². The number of aromatic hydroxyl groups is 1. The number of methoxy groups -OCH3 is 1. The summed E-state index contributed by atoms with van der Waals surface area (Å²) in [7, 11) is 1.45. The summed E-state index contributed by atoms with van der Waals surface area (Å²) >= 11 is 5.86. The Morgan fingerprint density at radius 2 is 2.08 bits per heavy atom. The highest BCUT2D eigenvalue weighted by Gasteiger charge is 2.05. The Kier molecular flexibility index (Phi) is 6.03. The Morgan fingerprint density at radius 3 is 2.79 bits per heavy atom. The average molecular weight is 349 g/mol. The summed E-state index contributed by atoms with van der Waals surface area (Å²) in [5.41, 5.74) is 3.87. The number of carbonyl (C=O) groups excluding carboxylic acids is 1. The number of hydrazone groups is 1. The van der Waals surface area contributed by atoms with Crippen LogP contribution in [-0.4, -0.2) is 30.9 Å². The fraction of sp³-hybridized carbons (Fsp3) is 0.176. The van der Waals surface area contributed by atoms with Gasteiger partial charge in [-0.05, 0) is 54.4 Å². The van der Waals surface area contributed by atoms with Crippen molar-refractivity contribution in [1.29, 1.82) is 0 Å². The predicted octanol–water partition coefficient (Wildman–Crippen LogP) is 2.89. The second-order valence-corrected chi connectivity index (χ2v) is 5.36. The number of aryl methyl sites for hydroxylation is 1. The molecule has 0 fully saturated rings. The highest BCUT2D eigenvalue weighted by Crippen LogP contribution is 2.25. The molecule has 0 aliphatic carbocycles. The van der Waals surface area contributed by atoms with E-state index in [4.69, 9.17) is 21.1 Å². The summed E-state index contributed by atoms with van der Waals surface area (Å²) in [5, 5.41) is 13.9. The molecule has 0 aromatic heterocycles. The lowest BCUT2D eigenvalue weighted by molar-refractivity contribution is -0.123. The molecule has 0 bridgehead atoms. The fourth-order valence-electron chi connectivity index (χ4n) is 1.90. The third kappa shape index (κ3) is 4.89. The number of hydrogen-bond donors (Lipinski definition) is 2. The van der Waals surface area contributed by atoms with E-state index in [2.05, 4.69) is 10.5 Å². The quantitative estimate of drug-likeness (QED) is 0.621. The number of phenolic OH excluding ortho intramolecular Hbond substituents is 1. The zero-order valence-corrected chi connectivity index (χ0v) is 14.0. The first-order valence-electron chi connectivity index (χ1n) is 7.07. The van der Waals surface area contributed by atoms with E-state index in [0.29, 0.717) is 22.1 Å². The van der Waals surface area contributed by atoms with Gasteiger partial charge in [-0.1, -0.05) is 11.6 Å². The Labute approximate surface area is 144 Å².